The molecular weight excluding hydrogens is 396 g/mol. The first kappa shape index (κ1) is 23.5. The maximum absolute atomic E-state index is 13.4. The van der Waals surface area contributed by atoms with E-state index in [1.54, 1.807) is 4.90 Å². The number of aryl methyl sites for hydroxylation is 2. The van der Waals surface area contributed by atoms with E-state index in [0.29, 0.717) is 25.9 Å². The largest absolute Gasteiger partial charge is 0.354 e. The number of rotatable bonds is 10. The number of fused-ring (bicyclic) bond motifs is 1. The summed E-state index contributed by atoms with van der Waals surface area (Å²) in [5.41, 5.74) is 3.34. The van der Waals surface area contributed by atoms with Crippen LogP contribution in [0.5, 0.6) is 0 Å². The summed E-state index contributed by atoms with van der Waals surface area (Å²) >= 11 is 0. The SMILES string of the molecule is CCCCNC(=O)C(C)N(Cc1cccc(C)c1)C(=O)CCc1cccc2ccccc12. The van der Waals surface area contributed by atoms with Crippen LogP contribution in [-0.4, -0.2) is 29.3 Å². The topological polar surface area (TPSA) is 49.4 Å². The van der Waals surface area contributed by atoms with E-state index in [1.807, 2.05) is 50.2 Å². The molecule has 0 saturated heterocycles. The number of nitrogens with one attached hydrogen (secondary N) is 1. The van der Waals surface area contributed by atoms with E-state index in [4.69, 9.17) is 0 Å². The molecule has 4 nitrogen and oxygen atoms in total. The molecule has 1 atom stereocenters. The number of nitrogens with zero attached hydrogens (tertiary/aromatic N) is 1. The third-order valence-corrected chi connectivity index (χ3v) is 5.92. The number of carbonyl (C=O) groups excluding carboxylic acids is 2. The summed E-state index contributed by atoms with van der Waals surface area (Å²) in [7, 11) is 0. The van der Waals surface area contributed by atoms with Crippen molar-refractivity contribution in [2.45, 2.75) is 59.0 Å². The van der Waals surface area contributed by atoms with E-state index < -0.39 is 6.04 Å². The van der Waals surface area contributed by atoms with E-state index in [9.17, 15) is 9.59 Å². The van der Waals surface area contributed by atoms with Gasteiger partial charge in [0.25, 0.3) is 0 Å². The van der Waals surface area contributed by atoms with E-state index in [-0.39, 0.29) is 11.8 Å². The lowest BCUT2D eigenvalue weighted by Gasteiger charge is -2.29. The highest BCUT2D eigenvalue weighted by molar-refractivity contribution is 5.88. The smallest absolute Gasteiger partial charge is 0.242 e. The number of unbranched alkanes of at least 4 members (excludes halogenated alkanes) is 1. The molecule has 168 valence electrons. The molecule has 0 spiro atoms. The molecule has 3 rings (SSSR count). The number of hydrogen-bond acceptors (Lipinski definition) is 2. The maximum atomic E-state index is 13.4. The quantitative estimate of drug-likeness (QED) is 0.437. The normalized spacial score (nSPS) is 11.8. The first-order chi connectivity index (χ1) is 15.5. The third kappa shape index (κ3) is 6.19. The predicted octanol–water partition coefficient (Wildman–Crippen LogP) is 5.41. The van der Waals surface area contributed by atoms with Crippen LogP contribution in [0.2, 0.25) is 0 Å². The molecule has 0 aliphatic rings. The van der Waals surface area contributed by atoms with Gasteiger partial charge in [0.1, 0.15) is 6.04 Å². The minimum absolute atomic E-state index is 0.00224. The van der Waals surface area contributed by atoms with Crippen molar-refractivity contribution in [1.82, 2.24) is 10.2 Å². The minimum Gasteiger partial charge on any atom is -0.354 e. The summed E-state index contributed by atoms with van der Waals surface area (Å²) in [6.45, 7) is 7.03. The molecule has 0 aliphatic carbocycles. The van der Waals surface area contributed by atoms with Crippen LogP contribution in [0.15, 0.2) is 66.7 Å². The molecule has 4 heteroatoms. The zero-order chi connectivity index (χ0) is 22.9. The highest BCUT2D eigenvalue weighted by Gasteiger charge is 2.25. The predicted molar refractivity (Wildman–Crippen MR) is 131 cm³/mol. The van der Waals surface area contributed by atoms with Crippen molar-refractivity contribution in [1.29, 1.82) is 0 Å². The first-order valence-corrected chi connectivity index (χ1v) is 11.6. The molecule has 0 bridgehead atoms. The van der Waals surface area contributed by atoms with Gasteiger partial charge in [0.05, 0.1) is 0 Å². The Morgan fingerprint density at radius 2 is 1.75 bits per heavy atom. The summed E-state index contributed by atoms with van der Waals surface area (Å²) in [6, 6.07) is 22.1. The van der Waals surface area contributed by atoms with Crippen molar-refractivity contribution < 1.29 is 9.59 Å². The van der Waals surface area contributed by atoms with Crippen LogP contribution in [0, 0.1) is 6.92 Å². The second-order valence-electron chi connectivity index (χ2n) is 8.47. The molecule has 0 radical (unpaired) electrons. The monoisotopic (exact) mass is 430 g/mol. The summed E-state index contributed by atoms with van der Waals surface area (Å²) in [5, 5.41) is 5.34. The van der Waals surface area contributed by atoms with Crippen LogP contribution in [0.1, 0.15) is 49.8 Å². The van der Waals surface area contributed by atoms with Gasteiger partial charge in [0.15, 0.2) is 0 Å². The lowest BCUT2D eigenvalue weighted by atomic mass is 10.0. The van der Waals surface area contributed by atoms with E-state index in [2.05, 4.69) is 42.6 Å². The van der Waals surface area contributed by atoms with Gasteiger partial charge in [-0.2, -0.15) is 0 Å². The molecule has 1 N–H and O–H groups in total. The Balaban J connectivity index is 1.76. The van der Waals surface area contributed by atoms with Gasteiger partial charge < -0.3 is 10.2 Å². The Morgan fingerprint density at radius 3 is 2.53 bits per heavy atom. The van der Waals surface area contributed by atoms with Gasteiger partial charge in [-0.05, 0) is 48.6 Å². The Labute approximate surface area is 191 Å². The molecule has 0 aliphatic heterocycles. The van der Waals surface area contributed by atoms with Gasteiger partial charge in [0.2, 0.25) is 11.8 Å². The highest BCUT2D eigenvalue weighted by Crippen LogP contribution is 2.21. The summed E-state index contributed by atoms with van der Waals surface area (Å²) in [5.74, 6) is -0.0952. The zero-order valence-corrected chi connectivity index (χ0v) is 19.4. The Kier molecular flexibility index (Phi) is 8.43. The van der Waals surface area contributed by atoms with Crippen LogP contribution in [0.3, 0.4) is 0 Å². The molecule has 0 aromatic heterocycles. The summed E-state index contributed by atoms with van der Waals surface area (Å²) in [6.07, 6.45) is 2.97. The maximum Gasteiger partial charge on any atom is 0.242 e. The second-order valence-corrected chi connectivity index (χ2v) is 8.47. The van der Waals surface area contributed by atoms with Crippen molar-refractivity contribution >= 4 is 22.6 Å². The van der Waals surface area contributed by atoms with Crippen molar-refractivity contribution in [3.8, 4) is 0 Å². The molecule has 1 unspecified atom stereocenters. The summed E-state index contributed by atoms with van der Waals surface area (Å²) < 4.78 is 0. The average Bonchev–Trinajstić information content (AvgIpc) is 2.80. The molecule has 32 heavy (non-hydrogen) atoms. The Morgan fingerprint density at radius 1 is 1.00 bits per heavy atom. The van der Waals surface area contributed by atoms with Crippen LogP contribution in [0.4, 0.5) is 0 Å². The lowest BCUT2D eigenvalue weighted by Crippen LogP contribution is -2.47. The van der Waals surface area contributed by atoms with Gasteiger partial charge in [-0.1, -0.05) is 85.6 Å². The van der Waals surface area contributed by atoms with Crippen molar-refractivity contribution in [3.63, 3.8) is 0 Å². The third-order valence-electron chi connectivity index (χ3n) is 5.92. The van der Waals surface area contributed by atoms with E-state index in [0.717, 1.165) is 29.5 Å². The number of carbonyl (C=O) groups is 2. The fraction of sp³-hybridized carbons (Fsp3) is 0.357. The van der Waals surface area contributed by atoms with E-state index in [1.165, 1.54) is 10.8 Å². The summed E-state index contributed by atoms with van der Waals surface area (Å²) in [4.78, 5) is 27.9. The van der Waals surface area contributed by atoms with Gasteiger partial charge in [-0.25, -0.2) is 0 Å². The van der Waals surface area contributed by atoms with Gasteiger partial charge in [-0.3, -0.25) is 9.59 Å². The van der Waals surface area contributed by atoms with E-state index >= 15 is 0 Å². The first-order valence-electron chi connectivity index (χ1n) is 11.6. The van der Waals surface area contributed by atoms with Crippen molar-refractivity contribution in [2.24, 2.45) is 0 Å². The number of amides is 2. The molecule has 3 aromatic carbocycles. The number of benzene rings is 3. The van der Waals surface area contributed by atoms with Crippen molar-refractivity contribution in [3.05, 3.63) is 83.4 Å². The molecule has 0 fully saturated rings. The molecule has 0 saturated carbocycles. The van der Waals surface area contributed by atoms with Gasteiger partial charge >= 0.3 is 0 Å². The highest BCUT2D eigenvalue weighted by atomic mass is 16.2. The van der Waals surface area contributed by atoms with Gasteiger partial charge in [-0.15, -0.1) is 0 Å². The molecule has 2 amide bonds. The molecular formula is C28H34N2O2. The Hall–Kier alpha value is -3.14. The van der Waals surface area contributed by atoms with Crippen LogP contribution in [0.25, 0.3) is 10.8 Å². The average molecular weight is 431 g/mol. The van der Waals surface area contributed by atoms with Gasteiger partial charge in [0, 0.05) is 19.5 Å². The van der Waals surface area contributed by atoms with Crippen molar-refractivity contribution in [2.75, 3.05) is 6.54 Å². The minimum atomic E-state index is -0.521. The van der Waals surface area contributed by atoms with Crippen LogP contribution >= 0.6 is 0 Å². The fourth-order valence-electron chi connectivity index (χ4n) is 4.02. The molecule has 3 aromatic rings. The number of hydrogen-bond donors (Lipinski definition) is 1. The Bertz CT molecular complexity index is 1050. The fourth-order valence-corrected chi connectivity index (χ4v) is 4.02. The van der Waals surface area contributed by atoms with Crippen LogP contribution < -0.4 is 5.32 Å². The molecule has 0 heterocycles. The zero-order valence-electron chi connectivity index (χ0n) is 19.4. The second kappa shape index (κ2) is 11.5. The lowest BCUT2D eigenvalue weighted by molar-refractivity contribution is -0.140. The standard InChI is InChI=1S/C28H34N2O2/c1-4-5-18-29-28(32)22(3)30(20-23-11-8-10-21(2)19-23)27(31)17-16-25-14-9-13-24-12-6-7-15-26(24)25/h6-15,19,22H,4-5,16-18,20H2,1-3H3,(H,29,32). The van der Waals surface area contributed by atoms with Crippen LogP contribution in [-0.2, 0) is 22.6 Å².